The minimum atomic E-state index is 0.269. The number of phenolic OH excluding ortho intramolecular Hbond substituents is 1. The summed E-state index contributed by atoms with van der Waals surface area (Å²) in [5.74, 6) is 0.928. The Balaban J connectivity index is 2.50. The first-order chi connectivity index (χ1) is 8.11. The summed E-state index contributed by atoms with van der Waals surface area (Å²) in [5.41, 5.74) is 3.06. The van der Waals surface area contributed by atoms with Crippen molar-refractivity contribution in [3.8, 4) is 22.6 Å². The van der Waals surface area contributed by atoms with Crippen LogP contribution in [0.15, 0.2) is 36.4 Å². The van der Waals surface area contributed by atoms with Gasteiger partial charge in [0, 0.05) is 0 Å². The number of hydrogen-bond donors (Lipinski definition) is 1. The van der Waals surface area contributed by atoms with Gasteiger partial charge in [0.2, 0.25) is 0 Å². The fourth-order valence-corrected chi connectivity index (χ4v) is 2.06. The smallest absolute Gasteiger partial charge is 0.137 e. The second-order valence-electron chi connectivity index (χ2n) is 3.85. The molecule has 0 radical (unpaired) electrons. The highest BCUT2D eigenvalue weighted by Crippen LogP contribution is 2.32. The van der Waals surface area contributed by atoms with E-state index in [1.54, 1.807) is 19.2 Å². The molecule has 0 spiro atoms. The lowest BCUT2D eigenvalue weighted by molar-refractivity contribution is 0.415. The van der Waals surface area contributed by atoms with E-state index in [0.29, 0.717) is 10.8 Å². The van der Waals surface area contributed by atoms with E-state index >= 15 is 0 Å². The maximum absolute atomic E-state index is 9.38. The van der Waals surface area contributed by atoms with Gasteiger partial charge >= 0.3 is 0 Å². The average Bonchev–Trinajstić information content (AvgIpc) is 2.29. The predicted molar refractivity (Wildman–Crippen MR) is 69.8 cm³/mol. The molecule has 88 valence electrons. The van der Waals surface area contributed by atoms with Crippen molar-refractivity contribution in [2.45, 2.75) is 6.92 Å². The minimum absolute atomic E-state index is 0.269. The first-order valence-electron chi connectivity index (χ1n) is 5.25. The lowest BCUT2D eigenvalue weighted by Gasteiger charge is -2.09. The summed E-state index contributed by atoms with van der Waals surface area (Å²) in [6.45, 7) is 1.95. The van der Waals surface area contributed by atoms with Gasteiger partial charge in [0.1, 0.15) is 11.5 Å². The summed E-state index contributed by atoms with van der Waals surface area (Å²) >= 11 is 6.09. The largest absolute Gasteiger partial charge is 0.508 e. The first-order valence-corrected chi connectivity index (χ1v) is 5.63. The molecule has 3 heteroatoms. The Morgan fingerprint density at radius 1 is 1.12 bits per heavy atom. The molecule has 0 aliphatic rings. The van der Waals surface area contributed by atoms with E-state index in [0.717, 1.165) is 16.7 Å². The van der Waals surface area contributed by atoms with Gasteiger partial charge in [0.25, 0.3) is 0 Å². The Labute approximate surface area is 105 Å². The van der Waals surface area contributed by atoms with Gasteiger partial charge in [-0.15, -0.1) is 0 Å². The van der Waals surface area contributed by atoms with Crippen LogP contribution in [0.3, 0.4) is 0 Å². The van der Waals surface area contributed by atoms with Crippen LogP contribution in [0.5, 0.6) is 11.5 Å². The third-order valence-corrected chi connectivity index (χ3v) is 2.97. The fraction of sp³-hybridized carbons (Fsp3) is 0.143. The van der Waals surface area contributed by atoms with Crippen molar-refractivity contribution in [2.24, 2.45) is 0 Å². The number of hydrogen-bond acceptors (Lipinski definition) is 2. The van der Waals surface area contributed by atoms with E-state index in [1.165, 1.54) is 0 Å². The van der Waals surface area contributed by atoms with Crippen LogP contribution in [0.4, 0.5) is 0 Å². The zero-order valence-electron chi connectivity index (χ0n) is 9.70. The van der Waals surface area contributed by atoms with E-state index < -0.39 is 0 Å². The molecule has 0 atom stereocenters. The predicted octanol–water partition coefficient (Wildman–Crippen LogP) is 4.03. The first kappa shape index (κ1) is 11.8. The molecule has 0 amide bonds. The molecule has 0 aliphatic heterocycles. The van der Waals surface area contributed by atoms with Crippen molar-refractivity contribution >= 4 is 11.6 Å². The molecule has 2 aromatic rings. The van der Waals surface area contributed by atoms with Crippen molar-refractivity contribution in [2.75, 3.05) is 7.11 Å². The number of benzene rings is 2. The molecule has 0 aromatic heterocycles. The molecule has 0 aliphatic carbocycles. The molecule has 0 saturated heterocycles. The van der Waals surface area contributed by atoms with Gasteiger partial charge in [-0.05, 0) is 47.9 Å². The molecule has 0 unspecified atom stereocenters. The van der Waals surface area contributed by atoms with Gasteiger partial charge < -0.3 is 9.84 Å². The second kappa shape index (κ2) is 4.68. The third kappa shape index (κ3) is 2.37. The zero-order chi connectivity index (χ0) is 12.4. The van der Waals surface area contributed by atoms with Crippen LogP contribution in [0.25, 0.3) is 11.1 Å². The molecular formula is C14H13ClO2. The Kier molecular flexibility index (Phi) is 3.25. The number of rotatable bonds is 2. The quantitative estimate of drug-likeness (QED) is 0.870. The standard InChI is InChI=1S/C14H13ClO2/c1-9-7-11(16)4-5-12(9)10-3-6-14(17-2)13(15)8-10/h3-8,16H,1-2H3. The molecule has 2 nitrogen and oxygen atoms in total. The van der Waals surface area contributed by atoms with Crippen LogP contribution in [0.1, 0.15) is 5.56 Å². The summed E-state index contributed by atoms with van der Waals surface area (Å²) in [5, 5.41) is 9.96. The number of phenols is 1. The molecule has 0 bridgehead atoms. The number of halogens is 1. The van der Waals surface area contributed by atoms with Gasteiger partial charge in [-0.3, -0.25) is 0 Å². The number of aromatic hydroxyl groups is 1. The lowest BCUT2D eigenvalue weighted by Crippen LogP contribution is -1.87. The van der Waals surface area contributed by atoms with Crippen molar-refractivity contribution in [3.63, 3.8) is 0 Å². The Hall–Kier alpha value is -1.67. The highest BCUT2D eigenvalue weighted by Gasteiger charge is 2.06. The number of ether oxygens (including phenoxy) is 1. The summed E-state index contributed by atoms with van der Waals surface area (Å²) in [6.07, 6.45) is 0. The SMILES string of the molecule is COc1ccc(-c2ccc(O)cc2C)cc1Cl. The molecule has 0 fully saturated rings. The second-order valence-corrected chi connectivity index (χ2v) is 4.26. The average molecular weight is 249 g/mol. The number of methoxy groups -OCH3 is 1. The van der Waals surface area contributed by atoms with Crippen LogP contribution in [0.2, 0.25) is 5.02 Å². The Morgan fingerprint density at radius 2 is 1.88 bits per heavy atom. The molecule has 0 saturated carbocycles. The van der Waals surface area contributed by atoms with E-state index in [2.05, 4.69) is 0 Å². The molecule has 2 aromatic carbocycles. The molecule has 17 heavy (non-hydrogen) atoms. The maximum atomic E-state index is 9.38. The third-order valence-electron chi connectivity index (χ3n) is 2.67. The van der Waals surface area contributed by atoms with Gasteiger partial charge in [-0.2, -0.15) is 0 Å². The van der Waals surface area contributed by atoms with Crippen LogP contribution in [0, 0.1) is 6.92 Å². The minimum Gasteiger partial charge on any atom is -0.508 e. The monoisotopic (exact) mass is 248 g/mol. The summed E-state index contributed by atoms with van der Waals surface area (Å²) in [6, 6.07) is 10.9. The van der Waals surface area contributed by atoms with Crippen molar-refractivity contribution in [3.05, 3.63) is 47.0 Å². The van der Waals surface area contributed by atoms with Crippen molar-refractivity contribution in [1.29, 1.82) is 0 Å². The molecular weight excluding hydrogens is 236 g/mol. The molecule has 0 heterocycles. The van der Waals surface area contributed by atoms with Crippen molar-refractivity contribution in [1.82, 2.24) is 0 Å². The highest BCUT2D eigenvalue weighted by atomic mass is 35.5. The summed E-state index contributed by atoms with van der Waals surface area (Å²) in [4.78, 5) is 0. The topological polar surface area (TPSA) is 29.5 Å². The van der Waals surface area contributed by atoms with Gasteiger partial charge in [0.15, 0.2) is 0 Å². The lowest BCUT2D eigenvalue weighted by atomic mass is 10.0. The van der Waals surface area contributed by atoms with Gasteiger partial charge in [-0.25, -0.2) is 0 Å². The van der Waals surface area contributed by atoms with E-state index in [4.69, 9.17) is 16.3 Å². The maximum Gasteiger partial charge on any atom is 0.137 e. The van der Waals surface area contributed by atoms with E-state index in [9.17, 15) is 5.11 Å². The molecule has 2 rings (SSSR count). The van der Waals surface area contributed by atoms with Crippen molar-refractivity contribution < 1.29 is 9.84 Å². The van der Waals surface area contributed by atoms with Gasteiger partial charge in [0.05, 0.1) is 12.1 Å². The Bertz CT molecular complexity index is 550. The van der Waals surface area contributed by atoms with Crippen LogP contribution in [-0.4, -0.2) is 12.2 Å². The number of aryl methyl sites for hydroxylation is 1. The fourth-order valence-electron chi connectivity index (χ4n) is 1.81. The van der Waals surface area contributed by atoms with Crippen LogP contribution < -0.4 is 4.74 Å². The van der Waals surface area contributed by atoms with Gasteiger partial charge in [-0.1, -0.05) is 23.7 Å². The van der Waals surface area contributed by atoms with E-state index in [-0.39, 0.29) is 5.75 Å². The van der Waals surface area contributed by atoms with Crippen LogP contribution >= 0.6 is 11.6 Å². The summed E-state index contributed by atoms with van der Waals surface area (Å²) < 4.78 is 5.11. The molecule has 1 N–H and O–H groups in total. The zero-order valence-corrected chi connectivity index (χ0v) is 10.5. The highest BCUT2D eigenvalue weighted by molar-refractivity contribution is 6.32. The summed E-state index contributed by atoms with van der Waals surface area (Å²) in [7, 11) is 1.59. The van der Waals surface area contributed by atoms with Crippen LogP contribution in [-0.2, 0) is 0 Å². The van der Waals surface area contributed by atoms with E-state index in [1.807, 2.05) is 31.2 Å². The normalized spacial score (nSPS) is 10.3. The Morgan fingerprint density at radius 3 is 2.47 bits per heavy atom.